The van der Waals surface area contributed by atoms with E-state index in [-0.39, 0.29) is 16.3 Å². The van der Waals surface area contributed by atoms with Gasteiger partial charge in [-0.2, -0.15) is 13.5 Å². The monoisotopic (exact) mass is 308 g/mol. The molecular weight excluding hydrogens is 292 g/mol. The van der Waals surface area contributed by atoms with Crippen molar-refractivity contribution in [3.8, 4) is 11.3 Å². The molecular formula is C12H16N6O2S. The van der Waals surface area contributed by atoms with Crippen molar-refractivity contribution in [2.75, 3.05) is 19.8 Å². The lowest BCUT2D eigenvalue weighted by Crippen LogP contribution is -2.11. The number of hydrogen-bond acceptors (Lipinski definition) is 5. The number of sulfonamides is 1. The van der Waals surface area contributed by atoms with Gasteiger partial charge >= 0.3 is 0 Å². The summed E-state index contributed by atoms with van der Waals surface area (Å²) in [7, 11) is 1.19. The molecule has 0 saturated heterocycles. The molecule has 2 N–H and O–H groups in total. The number of nitrogen functional groups attached to an aromatic ring is 1. The Bertz CT molecular complexity index is 779. The second-order valence-corrected chi connectivity index (χ2v) is 6.28. The van der Waals surface area contributed by atoms with Gasteiger partial charge in [-0.15, -0.1) is 4.40 Å². The number of nitrogens with zero attached hydrogens (tertiary/aromatic N) is 5. The quantitative estimate of drug-likeness (QED) is 0.645. The van der Waals surface area contributed by atoms with Gasteiger partial charge in [-0.25, -0.2) is 0 Å². The van der Waals surface area contributed by atoms with Crippen molar-refractivity contribution in [2.45, 2.75) is 4.90 Å². The van der Waals surface area contributed by atoms with Crippen LogP contribution in [0.2, 0.25) is 0 Å². The number of aromatic nitrogens is 3. The van der Waals surface area contributed by atoms with Crippen molar-refractivity contribution in [2.24, 2.45) is 11.4 Å². The van der Waals surface area contributed by atoms with Crippen LogP contribution >= 0.6 is 0 Å². The number of anilines is 1. The average molecular weight is 308 g/mol. The molecule has 0 aliphatic rings. The van der Waals surface area contributed by atoms with Crippen LogP contribution < -0.4 is 5.73 Å². The van der Waals surface area contributed by atoms with Crippen LogP contribution in [0, 0.1) is 0 Å². The maximum absolute atomic E-state index is 12.3. The van der Waals surface area contributed by atoms with Gasteiger partial charge in [0.1, 0.15) is 11.2 Å². The fourth-order valence-corrected chi connectivity index (χ4v) is 2.76. The molecule has 0 atom stereocenters. The topological polar surface area (TPSA) is 106 Å². The lowest BCUT2D eigenvalue weighted by atomic mass is 10.2. The predicted molar refractivity (Wildman–Crippen MR) is 80.2 cm³/mol. The van der Waals surface area contributed by atoms with Gasteiger partial charge in [-0.1, -0.05) is 0 Å². The van der Waals surface area contributed by atoms with Crippen LogP contribution in [0.15, 0.2) is 34.0 Å². The van der Waals surface area contributed by atoms with E-state index in [2.05, 4.69) is 14.5 Å². The second-order valence-electron chi connectivity index (χ2n) is 4.68. The molecule has 2 rings (SSSR count). The Balaban J connectivity index is 2.60. The molecule has 2 aromatic rings. The van der Waals surface area contributed by atoms with Gasteiger partial charge in [0.15, 0.2) is 0 Å². The zero-order valence-corrected chi connectivity index (χ0v) is 12.7. The van der Waals surface area contributed by atoms with Crippen LogP contribution in [0.5, 0.6) is 0 Å². The number of pyridine rings is 1. The van der Waals surface area contributed by atoms with Gasteiger partial charge in [-0.3, -0.25) is 9.67 Å². The molecule has 0 fully saturated rings. The molecule has 0 unspecified atom stereocenters. The van der Waals surface area contributed by atoms with Crippen molar-refractivity contribution in [3.05, 3.63) is 24.7 Å². The van der Waals surface area contributed by atoms with Gasteiger partial charge < -0.3 is 10.6 Å². The van der Waals surface area contributed by atoms with E-state index in [9.17, 15) is 8.42 Å². The Morgan fingerprint density at radius 1 is 1.38 bits per heavy atom. The minimum absolute atomic E-state index is 0.0476. The molecule has 2 aromatic heterocycles. The number of nitrogens with two attached hydrogens (primary N) is 1. The van der Waals surface area contributed by atoms with Crippen LogP contribution in [-0.4, -0.2) is 48.5 Å². The molecule has 0 radical (unpaired) electrons. The molecule has 0 amide bonds. The highest BCUT2D eigenvalue weighted by molar-refractivity contribution is 7.90. The van der Waals surface area contributed by atoms with E-state index in [1.807, 2.05) is 0 Å². The number of hydrogen-bond donors (Lipinski definition) is 1. The highest BCUT2D eigenvalue weighted by atomic mass is 32.2. The van der Waals surface area contributed by atoms with Crippen molar-refractivity contribution >= 4 is 22.0 Å². The average Bonchev–Trinajstić information content (AvgIpc) is 2.83. The van der Waals surface area contributed by atoms with E-state index in [0.29, 0.717) is 5.56 Å². The Morgan fingerprint density at radius 3 is 2.67 bits per heavy atom. The van der Waals surface area contributed by atoms with Crippen LogP contribution in [0.25, 0.3) is 11.3 Å². The minimum Gasteiger partial charge on any atom is -0.397 e. The minimum atomic E-state index is -3.90. The van der Waals surface area contributed by atoms with Gasteiger partial charge in [0.25, 0.3) is 10.0 Å². The van der Waals surface area contributed by atoms with Gasteiger partial charge in [0.05, 0.1) is 23.8 Å². The number of aryl methyl sites for hydroxylation is 1. The molecule has 0 bridgehead atoms. The highest BCUT2D eigenvalue weighted by Gasteiger charge is 2.21. The van der Waals surface area contributed by atoms with Crippen LogP contribution in [0.4, 0.5) is 5.69 Å². The molecule has 0 aliphatic carbocycles. The van der Waals surface area contributed by atoms with Crippen molar-refractivity contribution in [1.29, 1.82) is 0 Å². The SMILES string of the molecule is CN(C)/C=N/S(=O)(=O)c1cc(N)cnc1-c1cnn(C)c1. The third kappa shape index (κ3) is 3.37. The maximum Gasteiger partial charge on any atom is 0.285 e. The van der Waals surface area contributed by atoms with E-state index >= 15 is 0 Å². The molecule has 9 heteroatoms. The molecule has 2 heterocycles. The first-order valence-corrected chi connectivity index (χ1v) is 7.45. The number of rotatable bonds is 4. The van der Waals surface area contributed by atoms with Gasteiger partial charge in [-0.05, 0) is 6.07 Å². The van der Waals surface area contributed by atoms with Gasteiger partial charge in [0.2, 0.25) is 0 Å². The zero-order valence-electron chi connectivity index (χ0n) is 11.9. The Morgan fingerprint density at radius 2 is 2.10 bits per heavy atom. The highest BCUT2D eigenvalue weighted by Crippen LogP contribution is 2.27. The van der Waals surface area contributed by atoms with Crippen LogP contribution in [0.3, 0.4) is 0 Å². The first-order valence-electron chi connectivity index (χ1n) is 6.01. The van der Waals surface area contributed by atoms with Gasteiger partial charge in [0, 0.05) is 32.9 Å². The molecule has 0 saturated carbocycles. The van der Waals surface area contributed by atoms with Crippen LogP contribution in [0.1, 0.15) is 0 Å². The summed E-state index contributed by atoms with van der Waals surface area (Å²) in [6, 6.07) is 1.34. The largest absolute Gasteiger partial charge is 0.397 e. The Labute approximate surface area is 123 Å². The molecule has 112 valence electrons. The first kappa shape index (κ1) is 15.0. The fraction of sp³-hybridized carbons (Fsp3) is 0.250. The van der Waals surface area contributed by atoms with E-state index in [1.54, 1.807) is 32.0 Å². The summed E-state index contributed by atoms with van der Waals surface area (Å²) in [5.74, 6) is 0. The van der Waals surface area contributed by atoms with E-state index in [4.69, 9.17) is 5.73 Å². The summed E-state index contributed by atoms with van der Waals surface area (Å²) in [4.78, 5) is 5.59. The molecule has 8 nitrogen and oxygen atoms in total. The summed E-state index contributed by atoms with van der Waals surface area (Å²) in [5, 5.41) is 4.02. The zero-order chi connectivity index (χ0) is 15.6. The van der Waals surface area contributed by atoms with Crippen molar-refractivity contribution in [3.63, 3.8) is 0 Å². The Kier molecular flexibility index (Phi) is 3.94. The van der Waals surface area contributed by atoms with Crippen molar-refractivity contribution in [1.82, 2.24) is 19.7 Å². The smallest absolute Gasteiger partial charge is 0.285 e. The lowest BCUT2D eigenvalue weighted by molar-refractivity contribution is 0.594. The second kappa shape index (κ2) is 5.52. The molecule has 0 spiro atoms. The summed E-state index contributed by atoms with van der Waals surface area (Å²) in [6.07, 6.45) is 5.82. The van der Waals surface area contributed by atoms with Crippen molar-refractivity contribution < 1.29 is 8.42 Å². The predicted octanol–water partition coefficient (Wildman–Crippen LogP) is 0.343. The lowest BCUT2D eigenvalue weighted by Gasteiger charge is -2.07. The fourth-order valence-electron chi connectivity index (χ4n) is 1.63. The van der Waals surface area contributed by atoms with Crippen LogP contribution in [-0.2, 0) is 17.1 Å². The van der Waals surface area contributed by atoms with E-state index in [0.717, 1.165) is 0 Å². The summed E-state index contributed by atoms with van der Waals surface area (Å²) in [6.45, 7) is 0. The van der Waals surface area contributed by atoms with E-state index in [1.165, 1.54) is 29.7 Å². The molecule has 21 heavy (non-hydrogen) atoms. The van der Waals surface area contributed by atoms with E-state index < -0.39 is 10.0 Å². The third-order valence-electron chi connectivity index (χ3n) is 2.55. The Hall–Kier alpha value is -2.42. The third-order valence-corrected chi connectivity index (χ3v) is 3.79. The summed E-state index contributed by atoms with van der Waals surface area (Å²) in [5.41, 5.74) is 6.76. The summed E-state index contributed by atoms with van der Waals surface area (Å²) >= 11 is 0. The standard InChI is InChI=1S/C12H16N6O2S/c1-17(2)8-16-21(19,20)11-4-10(13)6-14-12(11)9-5-15-18(3)7-9/h4-8H,13H2,1-3H3/b16-8+. The maximum atomic E-state index is 12.3. The molecule has 0 aromatic carbocycles. The normalized spacial score (nSPS) is 12.0. The molecule has 0 aliphatic heterocycles. The summed E-state index contributed by atoms with van der Waals surface area (Å²) < 4.78 is 29.9. The first-order chi connectivity index (χ1) is 9.79.